The molecule has 100 valence electrons. The highest BCUT2D eigenvalue weighted by atomic mass is 16.6. The molecule has 4 heteroatoms. The van der Waals surface area contributed by atoms with Crippen molar-refractivity contribution in [3.63, 3.8) is 0 Å². The van der Waals surface area contributed by atoms with Gasteiger partial charge in [-0.05, 0) is 17.9 Å². The maximum Gasteiger partial charge on any atom is 0.326 e. The second-order valence-electron chi connectivity index (χ2n) is 5.56. The van der Waals surface area contributed by atoms with Crippen LogP contribution < -0.4 is 5.48 Å². The van der Waals surface area contributed by atoms with E-state index in [0.29, 0.717) is 6.61 Å². The van der Waals surface area contributed by atoms with Gasteiger partial charge < -0.3 is 5.11 Å². The Bertz CT molecular complexity index is 397. The predicted molar refractivity (Wildman–Crippen MR) is 69.9 cm³/mol. The van der Waals surface area contributed by atoms with Gasteiger partial charge in [0.25, 0.3) is 0 Å². The number of nitrogens with one attached hydrogen (secondary N) is 1. The quantitative estimate of drug-likeness (QED) is 0.790. The van der Waals surface area contributed by atoms with Crippen LogP contribution in [0, 0.1) is 5.41 Å². The number of aliphatic carboxylic acids is 1. The van der Waals surface area contributed by atoms with Crippen LogP contribution >= 0.6 is 0 Å². The average molecular weight is 251 g/mol. The molecule has 0 aromatic heterocycles. The van der Waals surface area contributed by atoms with Gasteiger partial charge in [-0.25, -0.2) is 0 Å². The number of hydroxylamine groups is 1. The standard InChI is InChI=1S/C14H21NO3/c1-13(2,3)14(4,12(16)17)15-18-10-11-8-6-5-7-9-11/h5-9,15H,10H2,1-4H3,(H,16,17). The van der Waals surface area contributed by atoms with E-state index in [0.717, 1.165) is 5.56 Å². The van der Waals surface area contributed by atoms with Crippen molar-refractivity contribution in [2.24, 2.45) is 5.41 Å². The summed E-state index contributed by atoms with van der Waals surface area (Å²) in [5.41, 5.74) is 2.08. The van der Waals surface area contributed by atoms with Gasteiger partial charge in [0.1, 0.15) is 5.54 Å². The first-order valence-electron chi connectivity index (χ1n) is 5.93. The Morgan fingerprint density at radius 2 is 1.78 bits per heavy atom. The Morgan fingerprint density at radius 1 is 1.22 bits per heavy atom. The molecule has 0 amide bonds. The molecule has 4 nitrogen and oxygen atoms in total. The number of carbonyl (C=O) groups is 1. The van der Waals surface area contributed by atoms with Crippen molar-refractivity contribution >= 4 is 5.97 Å². The fourth-order valence-electron chi connectivity index (χ4n) is 1.36. The third kappa shape index (κ3) is 3.31. The molecule has 0 aliphatic carbocycles. The van der Waals surface area contributed by atoms with Gasteiger partial charge in [-0.1, -0.05) is 51.1 Å². The first-order valence-corrected chi connectivity index (χ1v) is 5.93. The third-order valence-corrected chi connectivity index (χ3v) is 3.29. The first-order chi connectivity index (χ1) is 8.27. The molecule has 0 aliphatic rings. The van der Waals surface area contributed by atoms with E-state index in [2.05, 4.69) is 5.48 Å². The van der Waals surface area contributed by atoms with Gasteiger partial charge in [0.2, 0.25) is 0 Å². The Hall–Kier alpha value is -1.39. The Labute approximate surface area is 108 Å². The number of benzene rings is 1. The molecule has 1 atom stereocenters. The predicted octanol–water partition coefficient (Wildman–Crippen LogP) is 2.60. The van der Waals surface area contributed by atoms with Gasteiger partial charge in [0.05, 0.1) is 6.61 Å². The number of carboxylic acids is 1. The monoisotopic (exact) mass is 251 g/mol. The highest BCUT2D eigenvalue weighted by molar-refractivity contribution is 5.79. The second-order valence-corrected chi connectivity index (χ2v) is 5.56. The summed E-state index contributed by atoms with van der Waals surface area (Å²) in [5, 5.41) is 9.32. The van der Waals surface area contributed by atoms with Crippen molar-refractivity contribution in [1.82, 2.24) is 5.48 Å². The van der Waals surface area contributed by atoms with Crippen LogP contribution in [0.2, 0.25) is 0 Å². The summed E-state index contributed by atoms with van der Waals surface area (Å²) in [4.78, 5) is 16.7. The molecule has 18 heavy (non-hydrogen) atoms. The summed E-state index contributed by atoms with van der Waals surface area (Å²) in [6.45, 7) is 7.54. The first kappa shape index (κ1) is 14.7. The summed E-state index contributed by atoms with van der Waals surface area (Å²) in [5.74, 6) is -0.928. The van der Waals surface area contributed by atoms with Gasteiger partial charge in [0, 0.05) is 0 Å². The van der Waals surface area contributed by atoms with Crippen LogP contribution in [0.5, 0.6) is 0 Å². The number of hydrogen-bond donors (Lipinski definition) is 2. The maximum absolute atomic E-state index is 11.4. The molecule has 0 saturated heterocycles. The zero-order valence-electron chi connectivity index (χ0n) is 11.4. The van der Waals surface area contributed by atoms with Gasteiger partial charge in [-0.3, -0.25) is 9.63 Å². The van der Waals surface area contributed by atoms with Crippen LogP contribution in [0.25, 0.3) is 0 Å². The fraction of sp³-hybridized carbons (Fsp3) is 0.500. The minimum absolute atomic E-state index is 0.333. The van der Waals surface area contributed by atoms with E-state index in [4.69, 9.17) is 4.84 Å². The van der Waals surface area contributed by atoms with Crippen LogP contribution in [-0.2, 0) is 16.2 Å². The minimum Gasteiger partial charge on any atom is -0.480 e. The molecule has 0 saturated carbocycles. The van der Waals surface area contributed by atoms with Gasteiger partial charge in [-0.15, -0.1) is 0 Å². The molecule has 0 radical (unpaired) electrons. The van der Waals surface area contributed by atoms with E-state index < -0.39 is 16.9 Å². The van der Waals surface area contributed by atoms with E-state index in [-0.39, 0.29) is 0 Å². The van der Waals surface area contributed by atoms with Crippen molar-refractivity contribution in [3.05, 3.63) is 35.9 Å². The highest BCUT2D eigenvalue weighted by Gasteiger charge is 2.45. The molecule has 0 bridgehead atoms. The topological polar surface area (TPSA) is 58.6 Å². The lowest BCUT2D eigenvalue weighted by atomic mass is 9.75. The molecular weight excluding hydrogens is 230 g/mol. The van der Waals surface area contributed by atoms with E-state index in [9.17, 15) is 9.90 Å². The smallest absolute Gasteiger partial charge is 0.326 e. The summed E-state index contributed by atoms with van der Waals surface area (Å²) in [7, 11) is 0. The number of rotatable bonds is 5. The maximum atomic E-state index is 11.4. The molecular formula is C14H21NO3. The molecule has 2 N–H and O–H groups in total. The summed E-state index contributed by atoms with van der Waals surface area (Å²) < 4.78 is 0. The largest absolute Gasteiger partial charge is 0.480 e. The van der Waals surface area contributed by atoms with E-state index in [1.165, 1.54) is 0 Å². The third-order valence-electron chi connectivity index (χ3n) is 3.29. The van der Waals surface area contributed by atoms with Crippen LogP contribution in [-0.4, -0.2) is 16.6 Å². The number of carboxylic acid groups (broad SMARTS) is 1. The van der Waals surface area contributed by atoms with Crippen LogP contribution in [0.3, 0.4) is 0 Å². The van der Waals surface area contributed by atoms with Crippen LogP contribution in [0.4, 0.5) is 0 Å². The highest BCUT2D eigenvalue weighted by Crippen LogP contribution is 2.30. The van der Waals surface area contributed by atoms with E-state index in [1.807, 2.05) is 51.1 Å². The lowest BCUT2D eigenvalue weighted by Crippen LogP contribution is -2.58. The summed E-state index contributed by atoms with van der Waals surface area (Å²) in [6, 6.07) is 9.61. The zero-order valence-corrected chi connectivity index (χ0v) is 11.4. The zero-order chi connectivity index (χ0) is 13.8. The normalized spacial score (nSPS) is 15.1. The molecule has 0 aliphatic heterocycles. The molecule has 1 aromatic carbocycles. The molecule has 0 fully saturated rings. The molecule has 1 unspecified atom stereocenters. The average Bonchev–Trinajstić information content (AvgIpc) is 2.28. The van der Waals surface area contributed by atoms with Crippen molar-refractivity contribution in [2.45, 2.75) is 39.8 Å². The molecule has 0 spiro atoms. The van der Waals surface area contributed by atoms with Crippen molar-refractivity contribution < 1.29 is 14.7 Å². The van der Waals surface area contributed by atoms with E-state index >= 15 is 0 Å². The van der Waals surface area contributed by atoms with E-state index in [1.54, 1.807) is 6.92 Å². The van der Waals surface area contributed by atoms with Gasteiger partial charge >= 0.3 is 5.97 Å². The molecule has 1 aromatic rings. The van der Waals surface area contributed by atoms with Crippen molar-refractivity contribution in [3.8, 4) is 0 Å². The number of hydrogen-bond acceptors (Lipinski definition) is 3. The SMILES string of the molecule is CC(C)(C)C(C)(NOCc1ccccc1)C(=O)O. The minimum atomic E-state index is -1.14. The fourth-order valence-corrected chi connectivity index (χ4v) is 1.36. The van der Waals surface area contributed by atoms with Crippen LogP contribution in [0.1, 0.15) is 33.3 Å². The molecule has 1 rings (SSSR count). The van der Waals surface area contributed by atoms with Crippen molar-refractivity contribution in [1.29, 1.82) is 0 Å². The summed E-state index contributed by atoms with van der Waals surface area (Å²) in [6.07, 6.45) is 0. The van der Waals surface area contributed by atoms with Crippen LogP contribution in [0.15, 0.2) is 30.3 Å². The lowest BCUT2D eigenvalue weighted by molar-refractivity contribution is -0.161. The van der Waals surface area contributed by atoms with Crippen molar-refractivity contribution in [2.75, 3.05) is 0 Å². The summed E-state index contributed by atoms with van der Waals surface area (Å²) >= 11 is 0. The Morgan fingerprint density at radius 3 is 2.22 bits per heavy atom. The second kappa shape index (κ2) is 5.50. The Balaban J connectivity index is 2.62. The molecule has 0 heterocycles. The lowest BCUT2D eigenvalue weighted by Gasteiger charge is -2.38. The van der Waals surface area contributed by atoms with Gasteiger partial charge in [0.15, 0.2) is 0 Å². The Kier molecular flexibility index (Phi) is 4.48. The van der Waals surface area contributed by atoms with Gasteiger partial charge in [-0.2, -0.15) is 5.48 Å².